The van der Waals surface area contributed by atoms with Crippen LogP contribution in [0, 0.1) is 6.92 Å². The first-order valence-corrected chi connectivity index (χ1v) is 11.0. The molecule has 194 valence electrons. The van der Waals surface area contributed by atoms with Gasteiger partial charge in [-0.25, -0.2) is 0 Å². The minimum atomic E-state index is -5.71. The van der Waals surface area contributed by atoms with Crippen molar-refractivity contribution in [2.24, 2.45) is 0 Å². The number of carbonyl (C=O) groups excluding carboxylic acids is 1. The van der Waals surface area contributed by atoms with E-state index in [4.69, 9.17) is 21.9 Å². The van der Waals surface area contributed by atoms with E-state index < -0.39 is 36.3 Å². The maximum atomic E-state index is 13.6. The van der Waals surface area contributed by atoms with E-state index in [1.54, 1.807) is 6.92 Å². The molecule has 1 amide bonds. The number of hydrogen-bond acceptors (Lipinski definition) is 8. The number of nitrogens with zero attached hydrogens (tertiary/aromatic N) is 6. The molecular weight excluding hydrogens is 527 g/mol. The van der Waals surface area contributed by atoms with Crippen LogP contribution in [-0.4, -0.2) is 47.9 Å². The zero-order valence-electron chi connectivity index (χ0n) is 19.0. The van der Waals surface area contributed by atoms with Gasteiger partial charge < -0.3 is 15.6 Å². The van der Waals surface area contributed by atoms with Crippen molar-refractivity contribution >= 4 is 40.0 Å². The summed E-state index contributed by atoms with van der Waals surface area (Å²) >= 11 is 6.03. The average molecular weight is 543 g/mol. The highest BCUT2D eigenvalue weighted by atomic mass is 35.5. The summed E-state index contributed by atoms with van der Waals surface area (Å²) in [5.74, 6) is -5.50. The van der Waals surface area contributed by atoms with Crippen molar-refractivity contribution in [3.8, 4) is 5.95 Å². The summed E-state index contributed by atoms with van der Waals surface area (Å²) in [7, 11) is 0. The number of benzene rings is 1. The van der Waals surface area contributed by atoms with Gasteiger partial charge >= 0.3 is 12.1 Å². The van der Waals surface area contributed by atoms with Gasteiger partial charge in [0, 0.05) is 16.8 Å². The zero-order valence-corrected chi connectivity index (χ0v) is 19.7. The number of fused-ring (bicyclic) bond motifs is 2. The fraction of sp³-hybridized carbons (Fsp3) is 0.333. The summed E-state index contributed by atoms with van der Waals surface area (Å²) in [6, 6.07) is 4.34. The number of nitrogens with two attached hydrogens (primary N) is 1. The van der Waals surface area contributed by atoms with Crippen molar-refractivity contribution in [3.05, 3.63) is 46.2 Å². The molecule has 1 aromatic carbocycles. The Labute approximate surface area is 209 Å². The fourth-order valence-corrected chi connectivity index (χ4v) is 4.27. The topological polar surface area (TPSA) is 138 Å². The summed E-state index contributed by atoms with van der Waals surface area (Å²) in [4.78, 5) is 25.6. The third-order valence-electron chi connectivity index (χ3n) is 6.06. The van der Waals surface area contributed by atoms with Crippen molar-refractivity contribution in [1.82, 2.24) is 29.9 Å². The molecule has 3 N–H and O–H groups in total. The molecule has 0 spiro atoms. The Kier molecular flexibility index (Phi) is 5.40. The lowest BCUT2D eigenvalue weighted by Gasteiger charge is -2.18. The minimum Gasteiger partial charge on any atom is -0.383 e. The van der Waals surface area contributed by atoms with E-state index in [0.29, 0.717) is 5.82 Å². The Bertz CT molecular complexity index is 1570. The molecule has 4 aromatic rings. The van der Waals surface area contributed by atoms with Gasteiger partial charge in [-0.3, -0.25) is 4.79 Å². The predicted octanol–water partition coefficient (Wildman–Crippen LogP) is 4.13. The van der Waals surface area contributed by atoms with Crippen LogP contribution in [0.2, 0.25) is 5.02 Å². The lowest BCUT2D eigenvalue weighted by atomic mass is 9.84. The van der Waals surface area contributed by atoms with E-state index in [2.05, 4.69) is 30.5 Å². The molecule has 37 heavy (non-hydrogen) atoms. The van der Waals surface area contributed by atoms with E-state index in [-0.39, 0.29) is 50.7 Å². The number of amides is 1. The van der Waals surface area contributed by atoms with Crippen molar-refractivity contribution < 1.29 is 31.3 Å². The summed E-state index contributed by atoms with van der Waals surface area (Å²) < 4.78 is 71.6. The van der Waals surface area contributed by atoms with Crippen LogP contribution in [0.4, 0.5) is 33.6 Å². The molecule has 1 atom stereocenters. The maximum absolute atomic E-state index is 13.6. The standard InChI is InChI=1S/C21H16ClF5N8O2/c1-8-29-17(37-34-8)19(2)13-14(28)30-18(32-15(13)31-16(19)36)35-12-4-3-9(22)7-10(12)11(33-35)5-6-20(23,24)21(25,26)27/h3-4,7H,5-6H2,1-2H3,(H3,28,30,31,32,36). The van der Waals surface area contributed by atoms with Crippen LogP contribution in [0.25, 0.3) is 16.9 Å². The van der Waals surface area contributed by atoms with Crippen LogP contribution in [0.1, 0.15) is 36.3 Å². The molecule has 0 bridgehead atoms. The SMILES string of the molecule is Cc1noc(C2(C)C(=O)Nc3nc(-n4nc(CCC(F)(F)C(F)(F)F)c5cc(Cl)ccc54)nc(N)c32)n1. The second kappa shape index (κ2) is 8.06. The summed E-state index contributed by atoms with van der Waals surface area (Å²) in [5, 5.41) is 10.9. The minimum absolute atomic E-state index is 0.0219. The van der Waals surface area contributed by atoms with Crippen LogP contribution < -0.4 is 11.1 Å². The normalized spacial score (nSPS) is 17.9. The monoisotopic (exact) mass is 542 g/mol. The van der Waals surface area contributed by atoms with E-state index in [0.717, 1.165) is 4.68 Å². The van der Waals surface area contributed by atoms with Crippen molar-refractivity contribution in [2.45, 2.75) is 44.2 Å². The van der Waals surface area contributed by atoms with Crippen LogP contribution in [-0.2, 0) is 16.6 Å². The number of aromatic nitrogens is 6. The highest BCUT2D eigenvalue weighted by Crippen LogP contribution is 2.44. The lowest BCUT2D eigenvalue weighted by molar-refractivity contribution is -0.284. The summed E-state index contributed by atoms with van der Waals surface area (Å²) in [6.45, 7) is 3.08. The molecule has 1 unspecified atom stereocenters. The smallest absolute Gasteiger partial charge is 0.383 e. The van der Waals surface area contributed by atoms with Gasteiger partial charge in [0.1, 0.15) is 11.6 Å². The molecule has 16 heteroatoms. The van der Waals surface area contributed by atoms with E-state index in [1.165, 1.54) is 25.1 Å². The Morgan fingerprint density at radius 2 is 1.92 bits per heavy atom. The fourth-order valence-electron chi connectivity index (χ4n) is 4.10. The molecule has 0 radical (unpaired) electrons. The third kappa shape index (κ3) is 3.84. The van der Waals surface area contributed by atoms with Gasteiger partial charge in [0.2, 0.25) is 11.8 Å². The first kappa shape index (κ1) is 24.8. The Morgan fingerprint density at radius 1 is 1.19 bits per heavy atom. The van der Waals surface area contributed by atoms with Gasteiger partial charge in [-0.1, -0.05) is 16.8 Å². The molecule has 4 heterocycles. The van der Waals surface area contributed by atoms with Gasteiger partial charge in [0.05, 0.1) is 16.8 Å². The zero-order chi connectivity index (χ0) is 26.9. The largest absolute Gasteiger partial charge is 0.453 e. The molecule has 0 aliphatic carbocycles. The number of carbonyl (C=O) groups is 1. The van der Waals surface area contributed by atoms with Crippen molar-refractivity contribution in [2.75, 3.05) is 11.1 Å². The molecule has 1 aliphatic heterocycles. The van der Waals surface area contributed by atoms with Crippen molar-refractivity contribution in [1.29, 1.82) is 0 Å². The molecule has 5 rings (SSSR count). The first-order valence-electron chi connectivity index (χ1n) is 10.6. The number of nitrogen functional groups attached to an aromatic ring is 1. The second-order valence-corrected chi connectivity index (χ2v) is 9.02. The molecule has 3 aromatic heterocycles. The molecule has 0 saturated carbocycles. The predicted molar refractivity (Wildman–Crippen MR) is 120 cm³/mol. The van der Waals surface area contributed by atoms with E-state index in [1.807, 2.05) is 0 Å². The molecular formula is C21H16ClF5N8O2. The Balaban J connectivity index is 1.60. The maximum Gasteiger partial charge on any atom is 0.453 e. The number of hydrogen-bond donors (Lipinski definition) is 2. The van der Waals surface area contributed by atoms with Gasteiger partial charge in [-0.05, 0) is 38.5 Å². The van der Waals surface area contributed by atoms with Gasteiger partial charge in [0.15, 0.2) is 11.2 Å². The van der Waals surface area contributed by atoms with Crippen LogP contribution in [0.3, 0.4) is 0 Å². The highest BCUT2D eigenvalue weighted by Gasteiger charge is 2.57. The van der Waals surface area contributed by atoms with E-state index in [9.17, 15) is 26.7 Å². The highest BCUT2D eigenvalue weighted by molar-refractivity contribution is 6.31. The summed E-state index contributed by atoms with van der Waals surface area (Å²) in [6.07, 6.45) is -7.95. The number of anilines is 2. The van der Waals surface area contributed by atoms with Crippen LogP contribution in [0.15, 0.2) is 22.7 Å². The van der Waals surface area contributed by atoms with Crippen molar-refractivity contribution in [3.63, 3.8) is 0 Å². The third-order valence-corrected chi connectivity index (χ3v) is 6.30. The van der Waals surface area contributed by atoms with E-state index >= 15 is 0 Å². The number of aryl methyl sites for hydroxylation is 2. The Morgan fingerprint density at radius 3 is 2.57 bits per heavy atom. The van der Waals surface area contributed by atoms with Crippen LogP contribution in [0.5, 0.6) is 0 Å². The van der Waals surface area contributed by atoms with Gasteiger partial charge in [0.25, 0.3) is 5.95 Å². The molecule has 10 nitrogen and oxygen atoms in total. The number of rotatable bonds is 5. The molecule has 1 aliphatic rings. The number of alkyl halides is 5. The van der Waals surface area contributed by atoms with Gasteiger partial charge in [-0.15, -0.1) is 0 Å². The van der Waals surface area contributed by atoms with Gasteiger partial charge in [-0.2, -0.15) is 46.7 Å². The first-order chi connectivity index (χ1) is 17.2. The average Bonchev–Trinajstić information content (AvgIpc) is 3.46. The molecule has 0 fully saturated rings. The summed E-state index contributed by atoms with van der Waals surface area (Å²) in [5.41, 5.74) is 5.08. The lowest BCUT2D eigenvalue weighted by Crippen LogP contribution is -2.36. The molecule has 0 saturated heterocycles. The number of nitrogens with one attached hydrogen (secondary N) is 1. The second-order valence-electron chi connectivity index (χ2n) is 8.58. The Hall–Kier alpha value is -3.88. The van der Waals surface area contributed by atoms with Crippen LogP contribution >= 0.6 is 11.6 Å². The quantitative estimate of drug-likeness (QED) is 0.359. The number of halogens is 6.